The number of nitrogens with zero attached hydrogens (tertiary/aromatic N) is 3. The van der Waals surface area contributed by atoms with Crippen LogP contribution in [0.25, 0.3) is 0 Å². The highest BCUT2D eigenvalue weighted by Gasteiger charge is 2.55. The summed E-state index contributed by atoms with van der Waals surface area (Å²) in [4.78, 5) is 21.3. The second-order valence-corrected chi connectivity index (χ2v) is 9.29. The van der Waals surface area contributed by atoms with Gasteiger partial charge in [-0.1, -0.05) is 12.1 Å². The van der Waals surface area contributed by atoms with Crippen molar-refractivity contribution in [3.8, 4) is 5.75 Å². The maximum Gasteiger partial charge on any atom is 0.573 e. The van der Waals surface area contributed by atoms with Crippen LogP contribution in [-0.4, -0.2) is 46.7 Å². The van der Waals surface area contributed by atoms with Gasteiger partial charge in [0.2, 0.25) is 0 Å². The van der Waals surface area contributed by atoms with E-state index < -0.39 is 6.36 Å². The van der Waals surface area contributed by atoms with Crippen LogP contribution in [0.1, 0.15) is 21.6 Å². The smallest absolute Gasteiger partial charge is 0.472 e. The number of aromatic nitrogens is 1. The predicted molar refractivity (Wildman–Crippen MR) is 114 cm³/mol. The largest absolute Gasteiger partial charge is 0.573 e. The number of piperidine rings is 1. The number of benzene rings is 1. The molecule has 2 fully saturated rings. The Balaban J connectivity index is 1.25. The van der Waals surface area contributed by atoms with E-state index in [9.17, 15) is 18.0 Å². The standard InChI is InChI=1S/C23H22F3N3O3S/c24-23(25,26)32-17-3-1-2-15(6-17)8-29(22(30)21-13-33-14-27-21)11-20-18-9-28(10-19(18)20)7-16-4-5-31-12-16/h1-6,12-14,18-20H,7-11H2. The van der Waals surface area contributed by atoms with Gasteiger partial charge < -0.3 is 14.1 Å². The summed E-state index contributed by atoms with van der Waals surface area (Å²) in [6, 6.07) is 7.75. The first-order valence-electron chi connectivity index (χ1n) is 10.6. The van der Waals surface area contributed by atoms with Gasteiger partial charge in [-0.05, 0) is 41.5 Å². The van der Waals surface area contributed by atoms with Crippen molar-refractivity contribution < 1.29 is 27.1 Å². The fourth-order valence-electron chi connectivity index (χ4n) is 4.79. The Morgan fingerprint density at radius 1 is 1.24 bits per heavy atom. The molecule has 10 heteroatoms. The first-order chi connectivity index (χ1) is 15.9. The number of thiazole rings is 1. The average Bonchev–Trinajstić information content (AvgIpc) is 3.31. The zero-order chi connectivity index (χ0) is 23.0. The van der Waals surface area contributed by atoms with Crippen molar-refractivity contribution in [2.24, 2.45) is 17.8 Å². The molecule has 1 saturated carbocycles. The second-order valence-electron chi connectivity index (χ2n) is 8.57. The highest BCUT2D eigenvalue weighted by molar-refractivity contribution is 7.07. The zero-order valence-electron chi connectivity index (χ0n) is 17.6. The SMILES string of the molecule is O=C(c1cscn1)N(Cc1cccc(OC(F)(F)F)c1)CC1C2CN(Cc3ccoc3)CC21. The number of likely N-dealkylation sites (tertiary alicyclic amines) is 1. The van der Waals surface area contributed by atoms with E-state index in [1.54, 1.807) is 34.4 Å². The van der Waals surface area contributed by atoms with E-state index in [1.807, 2.05) is 6.07 Å². The molecule has 1 amide bonds. The van der Waals surface area contributed by atoms with Gasteiger partial charge in [0.15, 0.2) is 0 Å². The Hall–Kier alpha value is -2.85. The summed E-state index contributed by atoms with van der Waals surface area (Å²) in [5.74, 6) is 0.908. The van der Waals surface area contributed by atoms with E-state index in [1.165, 1.54) is 29.5 Å². The Kier molecular flexibility index (Phi) is 5.88. The summed E-state index contributed by atoms with van der Waals surface area (Å²) in [6.07, 6.45) is -1.33. The minimum absolute atomic E-state index is 0.195. The molecule has 2 aliphatic rings. The van der Waals surface area contributed by atoms with Crippen LogP contribution < -0.4 is 4.74 Å². The molecular weight excluding hydrogens is 455 g/mol. The molecule has 0 radical (unpaired) electrons. The summed E-state index contributed by atoms with van der Waals surface area (Å²) < 4.78 is 47.0. The van der Waals surface area contributed by atoms with Crippen LogP contribution in [0.15, 0.2) is 58.2 Å². The van der Waals surface area contributed by atoms with Crippen molar-refractivity contribution in [3.05, 3.63) is 70.6 Å². The molecule has 1 saturated heterocycles. The molecule has 2 atom stereocenters. The summed E-state index contributed by atoms with van der Waals surface area (Å²) >= 11 is 1.34. The van der Waals surface area contributed by atoms with Gasteiger partial charge in [-0.15, -0.1) is 24.5 Å². The van der Waals surface area contributed by atoms with Crippen LogP contribution in [-0.2, 0) is 13.1 Å². The summed E-state index contributed by atoms with van der Waals surface area (Å²) in [7, 11) is 0. The molecule has 2 aromatic heterocycles. The van der Waals surface area contributed by atoms with E-state index >= 15 is 0 Å². The van der Waals surface area contributed by atoms with Gasteiger partial charge in [0.1, 0.15) is 11.4 Å². The lowest BCUT2D eigenvalue weighted by molar-refractivity contribution is -0.274. The molecule has 6 nitrogen and oxygen atoms in total. The minimum Gasteiger partial charge on any atom is -0.472 e. The van der Waals surface area contributed by atoms with Crippen LogP contribution in [0.4, 0.5) is 13.2 Å². The lowest BCUT2D eigenvalue weighted by Crippen LogP contribution is -2.35. The topological polar surface area (TPSA) is 58.8 Å². The number of fused-ring (bicyclic) bond motifs is 1. The van der Waals surface area contributed by atoms with E-state index in [0.29, 0.717) is 35.6 Å². The Bertz CT molecular complexity index is 1080. The summed E-state index contributed by atoms with van der Waals surface area (Å²) in [5, 5.41) is 1.69. The number of furan rings is 1. The van der Waals surface area contributed by atoms with Crippen LogP contribution in [0.3, 0.4) is 0 Å². The molecule has 1 aliphatic carbocycles. The molecule has 2 unspecified atom stereocenters. The number of ether oxygens (including phenoxy) is 1. The van der Waals surface area contributed by atoms with Crippen molar-refractivity contribution in [2.45, 2.75) is 19.5 Å². The molecular formula is C23H22F3N3O3S. The fourth-order valence-corrected chi connectivity index (χ4v) is 5.32. The van der Waals surface area contributed by atoms with Crippen molar-refractivity contribution >= 4 is 17.2 Å². The number of halogens is 3. The third kappa shape index (κ3) is 5.22. The molecule has 33 heavy (non-hydrogen) atoms. The quantitative estimate of drug-likeness (QED) is 0.473. The van der Waals surface area contributed by atoms with Gasteiger partial charge in [-0.2, -0.15) is 0 Å². The third-order valence-electron chi connectivity index (χ3n) is 6.31. The van der Waals surface area contributed by atoms with Gasteiger partial charge in [-0.25, -0.2) is 4.98 Å². The highest BCUT2D eigenvalue weighted by atomic mass is 32.1. The van der Waals surface area contributed by atoms with Crippen LogP contribution >= 0.6 is 11.3 Å². The predicted octanol–water partition coefficient (Wildman–Crippen LogP) is 4.66. The van der Waals surface area contributed by atoms with Crippen LogP contribution in [0.2, 0.25) is 0 Å². The number of amides is 1. The summed E-state index contributed by atoms with van der Waals surface area (Å²) in [5.41, 5.74) is 3.68. The summed E-state index contributed by atoms with van der Waals surface area (Å²) in [6.45, 7) is 3.53. The average molecular weight is 478 g/mol. The molecule has 1 aromatic carbocycles. The van der Waals surface area contributed by atoms with Crippen molar-refractivity contribution in [1.82, 2.24) is 14.8 Å². The molecule has 3 heterocycles. The number of hydrogen-bond acceptors (Lipinski definition) is 6. The minimum atomic E-state index is -4.76. The first kappa shape index (κ1) is 22.0. The second kappa shape index (κ2) is 8.83. The fraction of sp³-hybridized carbons (Fsp3) is 0.391. The molecule has 0 N–H and O–H groups in total. The van der Waals surface area contributed by atoms with Crippen molar-refractivity contribution in [1.29, 1.82) is 0 Å². The van der Waals surface area contributed by atoms with E-state index in [0.717, 1.165) is 25.2 Å². The number of carbonyl (C=O) groups is 1. The number of carbonyl (C=O) groups excluding carboxylic acids is 1. The molecule has 1 aliphatic heterocycles. The monoisotopic (exact) mass is 477 g/mol. The van der Waals surface area contributed by atoms with Gasteiger partial charge in [0.25, 0.3) is 5.91 Å². The lowest BCUT2D eigenvalue weighted by Gasteiger charge is -2.25. The molecule has 174 valence electrons. The van der Waals surface area contributed by atoms with Gasteiger partial charge >= 0.3 is 6.36 Å². The Labute approximate surface area is 192 Å². The van der Waals surface area contributed by atoms with Gasteiger partial charge in [-0.3, -0.25) is 9.69 Å². The van der Waals surface area contributed by atoms with E-state index in [-0.39, 0.29) is 18.2 Å². The van der Waals surface area contributed by atoms with Crippen LogP contribution in [0, 0.1) is 17.8 Å². The number of rotatable bonds is 8. The van der Waals surface area contributed by atoms with Gasteiger partial charge in [0.05, 0.1) is 18.0 Å². The van der Waals surface area contributed by atoms with E-state index in [4.69, 9.17) is 4.42 Å². The van der Waals surface area contributed by atoms with Crippen molar-refractivity contribution in [2.75, 3.05) is 19.6 Å². The molecule has 5 rings (SSSR count). The molecule has 3 aromatic rings. The molecule has 0 bridgehead atoms. The lowest BCUT2D eigenvalue weighted by atomic mass is 10.1. The maximum atomic E-state index is 13.1. The Morgan fingerprint density at radius 3 is 2.73 bits per heavy atom. The van der Waals surface area contributed by atoms with Gasteiger partial charge in [0, 0.05) is 43.7 Å². The first-order valence-corrected chi connectivity index (χ1v) is 11.6. The maximum absolute atomic E-state index is 13.1. The normalized spacial score (nSPS) is 22.2. The number of hydrogen-bond donors (Lipinski definition) is 0. The zero-order valence-corrected chi connectivity index (χ0v) is 18.4. The number of alkyl halides is 3. The van der Waals surface area contributed by atoms with Crippen molar-refractivity contribution in [3.63, 3.8) is 0 Å². The Morgan fingerprint density at radius 2 is 2.06 bits per heavy atom. The third-order valence-corrected chi connectivity index (χ3v) is 6.90. The molecule has 0 spiro atoms. The van der Waals surface area contributed by atoms with E-state index in [2.05, 4.69) is 14.6 Å². The van der Waals surface area contributed by atoms with Crippen LogP contribution in [0.5, 0.6) is 5.75 Å². The highest BCUT2D eigenvalue weighted by Crippen LogP contribution is 2.52.